The molecular weight excluding hydrogens is 238 g/mol. The van der Waals surface area contributed by atoms with Crippen LogP contribution in [0.4, 0.5) is 26.3 Å². The molecule has 0 radical (unpaired) electrons. The third kappa shape index (κ3) is 1.36. The van der Waals surface area contributed by atoms with E-state index in [0.717, 1.165) is 0 Å². The van der Waals surface area contributed by atoms with Gasteiger partial charge in [0.15, 0.2) is 0 Å². The first-order valence-corrected chi connectivity index (χ1v) is 5.01. The molecule has 0 aromatic heterocycles. The molecule has 0 bridgehead atoms. The molecule has 0 aromatic carbocycles. The zero-order valence-electron chi connectivity index (χ0n) is 8.16. The first kappa shape index (κ1) is 12.0. The Labute approximate surface area is 87.8 Å². The monoisotopic (exact) mass is 248 g/mol. The quantitative estimate of drug-likeness (QED) is 0.597. The van der Waals surface area contributed by atoms with E-state index in [1.165, 1.54) is 0 Å². The molecular formula is C9H10F6O. The van der Waals surface area contributed by atoms with Crippen molar-refractivity contribution in [3.05, 3.63) is 0 Å². The fourth-order valence-electron chi connectivity index (χ4n) is 2.67. The van der Waals surface area contributed by atoms with Crippen LogP contribution in [-0.4, -0.2) is 24.1 Å². The first-order valence-electron chi connectivity index (χ1n) is 5.01. The average molecular weight is 248 g/mol. The van der Waals surface area contributed by atoms with Crippen LogP contribution >= 0.6 is 0 Å². The lowest BCUT2D eigenvalue weighted by molar-refractivity contribution is -0.469. The van der Waals surface area contributed by atoms with E-state index >= 15 is 0 Å². The van der Waals surface area contributed by atoms with Gasteiger partial charge in [0.05, 0.1) is 6.10 Å². The smallest absolute Gasteiger partial charge is 0.354 e. The van der Waals surface area contributed by atoms with Gasteiger partial charge in [-0.1, -0.05) is 12.8 Å². The molecule has 2 unspecified atom stereocenters. The third-order valence-corrected chi connectivity index (χ3v) is 3.40. The normalized spacial score (nSPS) is 34.1. The van der Waals surface area contributed by atoms with Gasteiger partial charge in [0, 0.05) is 5.92 Å². The maximum absolute atomic E-state index is 12.6. The maximum atomic E-state index is 12.6. The summed E-state index contributed by atoms with van der Waals surface area (Å²) in [6, 6.07) is 0. The maximum Gasteiger partial charge on any atom is 0.426 e. The Morgan fingerprint density at radius 1 is 0.875 bits per heavy atom. The van der Waals surface area contributed by atoms with E-state index in [-0.39, 0.29) is 6.42 Å². The summed E-state index contributed by atoms with van der Waals surface area (Å²) in [5.74, 6) is -1.46. The molecule has 1 saturated heterocycles. The summed E-state index contributed by atoms with van der Waals surface area (Å²) in [5.41, 5.74) is -3.91. The minimum Gasteiger partial charge on any atom is -0.354 e. The third-order valence-electron chi connectivity index (χ3n) is 3.40. The molecule has 1 saturated carbocycles. The number of halogens is 6. The van der Waals surface area contributed by atoms with Crippen molar-refractivity contribution in [1.82, 2.24) is 0 Å². The summed E-state index contributed by atoms with van der Waals surface area (Å²) in [6.45, 7) is 0. The van der Waals surface area contributed by atoms with Gasteiger partial charge >= 0.3 is 12.4 Å². The van der Waals surface area contributed by atoms with Gasteiger partial charge in [0.1, 0.15) is 0 Å². The van der Waals surface area contributed by atoms with Crippen molar-refractivity contribution in [3.8, 4) is 0 Å². The molecule has 2 rings (SSSR count). The standard InChI is InChI=1S/C9H10F6O/c10-8(11,12)7(9(13,14)15)5-3-1-2-4-6(5)16-7/h5-6H,1-4H2. The second-order valence-electron chi connectivity index (χ2n) is 4.28. The minimum absolute atomic E-state index is 0.0658. The second kappa shape index (κ2) is 3.27. The number of rotatable bonds is 0. The highest BCUT2D eigenvalue weighted by Gasteiger charge is 2.82. The summed E-state index contributed by atoms with van der Waals surface area (Å²) < 4.78 is 79.7. The Morgan fingerprint density at radius 3 is 1.81 bits per heavy atom. The Balaban J connectivity index is 2.32. The Kier molecular flexibility index (Phi) is 2.46. The fraction of sp³-hybridized carbons (Fsp3) is 1.00. The molecule has 94 valence electrons. The van der Waals surface area contributed by atoms with Crippen LogP contribution in [0.3, 0.4) is 0 Å². The Hall–Kier alpha value is -0.460. The van der Waals surface area contributed by atoms with Crippen molar-refractivity contribution in [2.24, 2.45) is 5.92 Å². The van der Waals surface area contributed by atoms with Crippen LogP contribution in [0.15, 0.2) is 0 Å². The summed E-state index contributed by atoms with van der Waals surface area (Å²) >= 11 is 0. The molecule has 1 nitrogen and oxygen atoms in total. The van der Waals surface area contributed by atoms with Crippen molar-refractivity contribution in [2.75, 3.05) is 0 Å². The summed E-state index contributed by atoms with van der Waals surface area (Å²) in [7, 11) is 0. The molecule has 1 aliphatic heterocycles. The van der Waals surface area contributed by atoms with Crippen molar-refractivity contribution in [2.45, 2.75) is 49.7 Å². The van der Waals surface area contributed by atoms with Gasteiger partial charge in [-0.05, 0) is 12.8 Å². The van der Waals surface area contributed by atoms with Gasteiger partial charge < -0.3 is 4.74 Å². The molecule has 1 heterocycles. The van der Waals surface area contributed by atoms with Crippen LogP contribution in [0.25, 0.3) is 0 Å². The van der Waals surface area contributed by atoms with Gasteiger partial charge in [0.2, 0.25) is 0 Å². The predicted molar refractivity (Wildman–Crippen MR) is 41.7 cm³/mol. The Morgan fingerprint density at radius 2 is 1.38 bits per heavy atom. The van der Waals surface area contributed by atoms with Gasteiger partial charge in [-0.15, -0.1) is 0 Å². The van der Waals surface area contributed by atoms with E-state index in [9.17, 15) is 26.3 Å². The lowest BCUT2D eigenvalue weighted by Gasteiger charge is -2.57. The van der Waals surface area contributed by atoms with Gasteiger partial charge in [0.25, 0.3) is 5.60 Å². The van der Waals surface area contributed by atoms with E-state index < -0.39 is 30.0 Å². The minimum atomic E-state index is -5.39. The van der Waals surface area contributed by atoms with E-state index in [1.807, 2.05) is 0 Å². The van der Waals surface area contributed by atoms with Crippen LogP contribution in [0.2, 0.25) is 0 Å². The summed E-state index contributed by atoms with van der Waals surface area (Å²) in [4.78, 5) is 0. The van der Waals surface area contributed by atoms with E-state index in [1.54, 1.807) is 0 Å². The number of hydrogen-bond acceptors (Lipinski definition) is 1. The summed E-state index contributed by atoms with van der Waals surface area (Å²) in [6.07, 6.45) is -10.4. The highest BCUT2D eigenvalue weighted by atomic mass is 19.4. The topological polar surface area (TPSA) is 9.23 Å². The zero-order chi connectivity index (χ0) is 12.2. The molecule has 0 amide bonds. The molecule has 2 atom stereocenters. The van der Waals surface area contributed by atoms with Crippen molar-refractivity contribution >= 4 is 0 Å². The van der Waals surface area contributed by atoms with Gasteiger partial charge in [-0.3, -0.25) is 0 Å². The predicted octanol–water partition coefficient (Wildman–Crippen LogP) is 3.44. The number of fused-ring (bicyclic) bond motifs is 1. The SMILES string of the molecule is FC(F)(F)C1(C(F)(F)F)OC2CCCCC21. The van der Waals surface area contributed by atoms with Gasteiger partial charge in [-0.25, -0.2) is 0 Å². The first-order chi connectivity index (χ1) is 7.20. The van der Waals surface area contributed by atoms with Crippen LogP contribution in [0.1, 0.15) is 25.7 Å². The van der Waals surface area contributed by atoms with E-state index in [0.29, 0.717) is 19.3 Å². The molecule has 0 spiro atoms. The Bertz CT molecular complexity index is 267. The average Bonchev–Trinajstić information content (AvgIpc) is 2.02. The fourth-order valence-corrected chi connectivity index (χ4v) is 2.67. The molecule has 1 aliphatic carbocycles. The van der Waals surface area contributed by atoms with Crippen molar-refractivity contribution < 1.29 is 31.1 Å². The molecule has 7 heteroatoms. The number of alkyl halides is 6. The van der Waals surface area contributed by atoms with Gasteiger partial charge in [-0.2, -0.15) is 26.3 Å². The zero-order valence-corrected chi connectivity index (χ0v) is 8.16. The highest BCUT2D eigenvalue weighted by molar-refractivity contribution is 5.11. The lowest BCUT2D eigenvalue weighted by atomic mass is 9.68. The molecule has 2 aliphatic rings. The molecule has 0 N–H and O–H groups in total. The number of ether oxygens (including phenoxy) is 1. The molecule has 0 aromatic rings. The van der Waals surface area contributed by atoms with Crippen LogP contribution in [-0.2, 0) is 4.74 Å². The second-order valence-corrected chi connectivity index (χ2v) is 4.28. The number of hydrogen-bond donors (Lipinski definition) is 0. The molecule has 2 fully saturated rings. The van der Waals surface area contributed by atoms with Crippen molar-refractivity contribution in [3.63, 3.8) is 0 Å². The largest absolute Gasteiger partial charge is 0.426 e. The molecule has 16 heavy (non-hydrogen) atoms. The van der Waals surface area contributed by atoms with Crippen LogP contribution < -0.4 is 0 Å². The van der Waals surface area contributed by atoms with E-state index in [4.69, 9.17) is 0 Å². The van der Waals surface area contributed by atoms with Crippen LogP contribution in [0.5, 0.6) is 0 Å². The van der Waals surface area contributed by atoms with Crippen LogP contribution in [0, 0.1) is 5.92 Å². The van der Waals surface area contributed by atoms with Crippen molar-refractivity contribution in [1.29, 1.82) is 0 Å². The lowest BCUT2D eigenvalue weighted by Crippen LogP contribution is -2.75. The van der Waals surface area contributed by atoms with E-state index in [2.05, 4.69) is 4.74 Å². The summed E-state index contributed by atoms with van der Waals surface area (Å²) in [5, 5.41) is 0. The highest BCUT2D eigenvalue weighted by Crippen LogP contribution is 2.61.